The van der Waals surface area contributed by atoms with Gasteiger partial charge in [-0.05, 0) is 42.5 Å². The Balaban J connectivity index is 1.89. The molecule has 0 unspecified atom stereocenters. The van der Waals surface area contributed by atoms with Gasteiger partial charge in [0, 0.05) is 11.1 Å². The zero-order valence-electron chi connectivity index (χ0n) is 10.4. The predicted octanol–water partition coefficient (Wildman–Crippen LogP) is 3.24. The van der Waals surface area contributed by atoms with Crippen LogP contribution >= 0.6 is 0 Å². The van der Waals surface area contributed by atoms with Gasteiger partial charge < -0.3 is 9.15 Å². The molecule has 0 atom stereocenters. The van der Waals surface area contributed by atoms with Crippen molar-refractivity contribution in [3.63, 3.8) is 0 Å². The first kappa shape index (κ1) is 11.4. The van der Waals surface area contributed by atoms with Gasteiger partial charge in [-0.2, -0.15) is 0 Å². The van der Waals surface area contributed by atoms with Gasteiger partial charge in [-0.3, -0.25) is 0 Å². The number of fused-ring (bicyclic) bond motifs is 1. The molecule has 0 saturated carbocycles. The predicted molar refractivity (Wildman–Crippen MR) is 73.0 cm³/mol. The molecule has 2 aromatic carbocycles. The van der Waals surface area contributed by atoms with Gasteiger partial charge in [0.1, 0.15) is 11.3 Å². The van der Waals surface area contributed by atoms with E-state index in [1.807, 2.05) is 42.5 Å². The molecule has 3 heteroatoms. The van der Waals surface area contributed by atoms with Gasteiger partial charge in [0.15, 0.2) is 12.0 Å². The first-order valence-corrected chi connectivity index (χ1v) is 5.84. The lowest BCUT2D eigenvalue weighted by molar-refractivity contribution is 0.415. The van der Waals surface area contributed by atoms with Crippen molar-refractivity contribution < 1.29 is 9.15 Å². The Labute approximate surface area is 110 Å². The summed E-state index contributed by atoms with van der Waals surface area (Å²) in [4.78, 5) is 4.11. The van der Waals surface area contributed by atoms with Gasteiger partial charge in [-0.15, -0.1) is 0 Å². The van der Waals surface area contributed by atoms with Crippen LogP contribution in [0.4, 0.5) is 0 Å². The van der Waals surface area contributed by atoms with E-state index in [4.69, 9.17) is 9.15 Å². The first-order valence-electron chi connectivity index (χ1n) is 5.84. The van der Waals surface area contributed by atoms with Crippen molar-refractivity contribution in [1.29, 1.82) is 0 Å². The molecule has 19 heavy (non-hydrogen) atoms. The Hall–Kier alpha value is -2.73. The molecule has 1 heterocycles. The van der Waals surface area contributed by atoms with E-state index in [-0.39, 0.29) is 0 Å². The smallest absolute Gasteiger partial charge is 0.181 e. The maximum absolute atomic E-state index is 5.19. The van der Waals surface area contributed by atoms with Crippen LogP contribution in [0.3, 0.4) is 0 Å². The van der Waals surface area contributed by atoms with E-state index in [0.717, 1.165) is 28.0 Å². The molecule has 3 aromatic rings. The molecule has 0 fully saturated rings. The number of rotatable bonds is 1. The van der Waals surface area contributed by atoms with E-state index in [0.29, 0.717) is 0 Å². The lowest BCUT2D eigenvalue weighted by Crippen LogP contribution is -1.82. The largest absolute Gasteiger partial charge is 0.497 e. The van der Waals surface area contributed by atoms with Crippen LogP contribution in [0.5, 0.6) is 5.75 Å². The van der Waals surface area contributed by atoms with Gasteiger partial charge in [-0.1, -0.05) is 11.8 Å². The Morgan fingerprint density at radius 3 is 2.53 bits per heavy atom. The van der Waals surface area contributed by atoms with Gasteiger partial charge in [0.05, 0.1) is 7.11 Å². The van der Waals surface area contributed by atoms with Crippen LogP contribution in [-0.4, -0.2) is 12.1 Å². The summed E-state index contributed by atoms with van der Waals surface area (Å²) >= 11 is 0. The minimum Gasteiger partial charge on any atom is -0.497 e. The second-order valence-corrected chi connectivity index (χ2v) is 4.01. The van der Waals surface area contributed by atoms with Gasteiger partial charge >= 0.3 is 0 Å². The normalized spacial score (nSPS) is 9.95. The molecule has 3 rings (SSSR count). The number of methoxy groups -OCH3 is 1. The van der Waals surface area contributed by atoms with Crippen molar-refractivity contribution in [2.75, 3.05) is 7.11 Å². The van der Waals surface area contributed by atoms with Gasteiger partial charge in [0.25, 0.3) is 0 Å². The van der Waals surface area contributed by atoms with Crippen LogP contribution < -0.4 is 4.74 Å². The second kappa shape index (κ2) is 4.87. The molecule has 0 radical (unpaired) electrons. The fourth-order valence-electron chi connectivity index (χ4n) is 1.75. The monoisotopic (exact) mass is 249 g/mol. The summed E-state index contributed by atoms with van der Waals surface area (Å²) in [5.41, 5.74) is 3.45. The molecule has 3 nitrogen and oxygen atoms in total. The Kier molecular flexibility index (Phi) is 2.91. The highest BCUT2D eigenvalue weighted by molar-refractivity contribution is 5.74. The van der Waals surface area contributed by atoms with Crippen LogP contribution in [0.1, 0.15) is 11.1 Å². The average molecular weight is 249 g/mol. The zero-order valence-corrected chi connectivity index (χ0v) is 10.4. The summed E-state index contributed by atoms with van der Waals surface area (Å²) < 4.78 is 10.3. The molecule has 0 aliphatic heterocycles. The number of oxazole rings is 1. The minimum atomic E-state index is 0.773. The standard InChI is InChI=1S/C16H11NO2/c1-18-14-7-4-12(5-8-14)2-3-13-6-9-16-15(10-13)17-11-19-16/h4-11H,1H3. The molecule has 0 aliphatic rings. The number of nitrogens with zero attached hydrogens (tertiary/aromatic N) is 1. The Bertz CT molecular complexity index is 761. The summed E-state index contributed by atoms with van der Waals surface area (Å²) in [6.45, 7) is 0. The van der Waals surface area contributed by atoms with Crippen molar-refractivity contribution in [3.8, 4) is 17.6 Å². The summed E-state index contributed by atoms with van der Waals surface area (Å²) in [7, 11) is 1.65. The molecule has 1 aromatic heterocycles. The van der Waals surface area contributed by atoms with Crippen LogP contribution in [0.2, 0.25) is 0 Å². The summed E-state index contributed by atoms with van der Waals surface area (Å²) in [5.74, 6) is 7.04. The van der Waals surface area contributed by atoms with Crippen molar-refractivity contribution in [1.82, 2.24) is 4.98 Å². The summed E-state index contributed by atoms with van der Waals surface area (Å²) in [6, 6.07) is 13.4. The fourth-order valence-corrected chi connectivity index (χ4v) is 1.75. The SMILES string of the molecule is COc1ccc(C#Cc2ccc3ocnc3c2)cc1. The number of hydrogen-bond acceptors (Lipinski definition) is 3. The van der Waals surface area contributed by atoms with Crippen LogP contribution in [0.25, 0.3) is 11.1 Å². The van der Waals surface area contributed by atoms with Crippen molar-refractivity contribution in [2.24, 2.45) is 0 Å². The highest BCUT2D eigenvalue weighted by Gasteiger charge is 1.97. The van der Waals surface area contributed by atoms with Crippen LogP contribution in [0.15, 0.2) is 53.3 Å². The zero-order chi connectivity index (χ0) is 13.1. The lowest BCUT2D eigenvalue weighted by atomic mass is 10.1. The summed E-state index contributed by atoms with van der Waals surface area (Å²) in [5, 5.41) is 0. The third kappa shape index (κ3) is 2.43. The Morgan fingerprint density at radius 1 is 1.00 bits per heavy atom. The van der Waals surface area contributed by atoms with Crippen LogP contribution in [0, 0.1) is 11.8 Å². The van der Waals surface area contributed by atoms with Gasteiger partial charge in [0.2, 0.25) is 0 Å². The molecule has 0 spiro atoms. The molecule has 0 bridgehead atoms. The number of ether oxygens (including phenoxy) is 1. The maximum atomic E-state index is 5.19. The van der Waals surface area contributed by atoms with Crippen molar-refractivity contribution in [2.45, 2.75) is 0 Å². The highest BCUT2D eigenvalue weighted by Crippen LogP contribution is 2.14. The third-order valence-corrected chi connectivity index (χ3v) is 2.77. The minimum absolute atomic E-state index is 0.773. The molecular formula is C16H11NO2. The third-order valence-electron chi connectivity index (χ3n) is 2.77. The molecular weight excluding hydrogens is 238 g/mol. The van der Waals surface area contributed by atoms with E-state index in [1.54, 1.807) is 7.11 Å². The molecule has 0 aliphatic carbocycles. The lowest BCUT2D eigenvalue weighted by Gasteiger charge is -1.97. The topological polar surface area (TPSA) is 35.3 Å². The Morgan fingerprint density at radius 2 is 1.74 bits per heavy atom. The highest BCUT2D eigenvalue weighted by atomic mass is 16.5. The quantitative estimate of drug-likeness (QED) is 0.621. The molecule has 92 valence electrons. The molecule has 0 saturated heterocycles. The molecule has 0 N–H and O–H groups in total. The molecule has 0 amide bonds. The number of hydrogen-bond donors (Lipinski definition) is 0. The van der Waals surface area contributed by atoms with E-state index in [2.05, 4.69) is 16.8 Å². The van der Waals surface area contributed by atoms with Crippen LogP contribution in [-0.2, 0) is 0 Å². The van der Waals surface area contributed by atoms with E-state index < -0.39 is 0 Å². The fraction of sp³-hybridized carbons (Fsp3) is 0.0625. The maximum Gasteiger partial charge on any atom is 0.181 e. The number of aromatic nitrogens is 1. The van der Waals surface area contributed by atoms with E-state index in [9.17, 15) is 0 Å². The van der Waals surface area contributed by atoms with E-state index in [1.165, 1.54) is 6.39 Å². The number of benzene rings is 2. The first-order chi connectivity index (χ1) is 9.35. The second-order valence-electron chi connectivity index (χ2n) is 4.01. The average Bonchev–Trinajstić information content (AvgIpc) is 2.93. The van der Waals surface area contributed by atoms with Crippen molar-refractivity contribution >= 4 is 11.1 Å². The summed E-state index contributed by atoms with van der Waals surface area (Å²) in [6.07, 6.45) is 1.44. The van der Waals surface area contributed by atoms with E-state index >= 15 is 0 Å². The van der Waals surface area contributed by atoms with Crippen molar-refractivity contribution in [3.05, 3.63) is 60.0 Å². The van der Waals surface area contributed by atoms with Gasteiger partial charge in [-0.25, -0.2) is 4.98 Å².